The Kier molecular flexibility index (Phi) is 2.23. The Bertz CT molecular complexity index is 275. The number of amides is 1. The van der Waals surface area contributed by atoms with Crippen LogP contribution in [0.2, 0.25) is 0 Å². The van der Waals surface area contributed by atoms with Gasteiger partial charge in [0.25, 0.3) is 0 Å². The molecule has 3 heteroatoms. The van der Waals surface area contributed by atoms with Gasteiger partial charge in [-0.3, -0.25) is 4.79 Å². The maximum Gasteiger partial charge on any atom is 0.226 e. The zero-order valence-corrected chi connectivity index (χ0v) is 9.41. The molecule has 2 aliphatic carbocycles. The van der Waals surface area contributed by atoms with Gasteiger partial charge < -0.3 is 10.2 Å². The molecule has 2 saturated carbocycles. The first-order valence-electron chi connectivity index (χ1n) is 6.28. The lowest BCUT2D eigenvalue weighted by Gasteiger charge is -2.32. The Morgan fingerprint density at radius 3 is 2.87 bits per heavy atom. The number of hydrogen-bond donors (Lipinski definition) is 1. The van der Waals surface area contributed by atoms with Crippen LogP contribution in [-0.2, 0) is 4.79 Å². The highest BCUT2D eigenvalue weighted by Crippen LogP contribution is 2.54. The van der Waals surface area contributed by atoms with Crippen LogP contribution < -0.4 is 5.32 Å². The summed E-state index contributed by atoms with van der Waals surface area (Å²) >= 11 is 0. The third kappa shape index (κ3) is 1.89. The van der Waals surface area contributed by atoms with Crippen molar-refractivity contribution in [2.24, 2.45) is 17.8 Å². The van der Waals surface area contributed by atoms with Gasteiger partial charge in [-0.1, -0.05) is 0 Å². The van der Waals surface area contributed by atoms with Gasteiger partial charge in [0.1, 0.15) is 0 Å². The molecule has 1 aliphatic heterocycles. The van der Waals surface area contributed by atoms with E-state index in [2.05, 4.69) is 17.1 Å². The van der Waals surface area contributed by atoms with Crippen molar-refractivity contribution in [1.29, 1.82) is 0 Å². The molecule has 84 valence electrons. The molecule has 0 radical (unpaired) electrons. The van der Waals surface area contributed by atoms with E-state index in [9.17, 15) is 4.79 Å². The van der Waals surface area contributed by atoms with E-state index in [1.54, 1.807) is 0 Å². The average Bonchev–Trinajstić information content (AvgIpc) is 3.07. The lowest BCUT2D eigenvalue weighted by molar-refractivity contribution is -0.134. The zero-order chi connectivity index (χ0) is 10.4. The fourth-order valence-electron chi connectivity index (χ4n) is 2.91. The molecule has 1 heterocycles. The summed E-state index contributed by atoms with van der Waals surface area (Å²) in [5.74, 6) is 2.53. The van der Waals surface area contributed by atoms with Crippen LogP contribution in [-0.4, -0.2) is 36.5 Å². The molecule has 3 fully saturated rings. The minimum Gasteiger partial charge on any atom is -0.340 e. The van der Waals surface area contributed by atoms with Gasteiger partial charge in [0.2, 0.25) is 5.91 Å². The normalized spacial score (nSPS) is 40.3. The first-order valence-corrected chi connectivity index (χ1v) is 6.28. The van der Waals surface area contributed by atoms with E-state index < -0.39 is 0 Å². The number of nitrogens with one attached hydrogen (secondary N) is 1. The fraction of sp³-hybridized carbons (Fsp3) is 0.917. The Balaban J connectivity index is 1.55. The van der Waals surface area contributed by atoms with Crippen molar-refractivity contribution in [3.05, 3.63) is 0 Å². The Labute approximate surface area is 91.2 Å². The molecule has 1 amide bonds. The van der Waals surface area contributed by atoms with Gasteiger partial charge in [-0.2, -0.15) is 0 Å². The maximum atomic E-state index is 12.1. The highest BCUT2D eigenvalue weighted by Gasteiger charge is 2.52. The van der Waals surface area contributed by atoms with Gasteiger partial charge in [-0.05, 0) is 38.0 Å². The number of hydrogen-bond acceptors (Lipinski definition) is 2. The minimum atomic E-state index is 0.405. The molecule has 0 aromatic rings. The first kappa shape index (κ1) is 9.64. The second kappa shape index (κ2) is 3.48. The number of carbonyl (C=O) groups is 1. The summed E-state index contributed by atoms with van der Waals surface area (Å²) in [7, 11) is 0. The van der Waals surface area contributed by atoms with Crippen LogP contribution in [0, 0.1) is 17.8 Å². The van der Waals surface area contributed by atoms with Crippen molar-refractivity contribution in [2.75, 3.05) is 19.6 Å². The van der Waals surface area contributed by atoms with Gasteiger partial charge >= 0.3 is 0 Å². The molecule has 1 N–H and O–H groups in total. The number of nitrogens with zero attached hydrogens (tertiary/aromatic N) is 1. The predicted molar refractivity (Wildman–Crippen MR) is 58.4 cm³/mol. The third-order valence-corrected chi connectivity index (χ3v) is 4.06. The van der Waals surface area contributed by atoms with Crippen LogP contribution in [0.5, 0.6) is 0 Å². The smallest absolute Gasteiger partial charge is 0.226 e. The van der Waals surface area contributed by atoms with Crippen LogP contribution >= 0.6 is 0 Å². The number of piperazine rings is 1. The van der Waals surface area contributed by atoms with Crippen molar-refractivity contribution in [3.63, 3.8) is 0 Å². The molecule has 0 bridgehead atoms. The minimum absolute atomic E-state index is 0.405. The molecule has 3 nitrogen and oxygen atoms in total. The monoisotopic (exact) mass is 208 g/mol. The van der Waals surface area contributed by atoms with E-state index in [1.807, 2.05) is 0 Å². The molecule has 0 spiro atoms. The maximum absolute atomic E-state index is 12.1. The van der Waals surface area contributed by atoms with Crippen molar-refractivity contribution < 1.29 is 4.79 Å². The average molecular weight is 208 g/mol. The Morgan fingerprint density at radius 1 is 1.40 bits per heavy atom. The van der Waals surface area contributed by atoms with Crippen LogP contribution in [0.4, 0.5) is 0 Å². The van der Waals surface area contributed by atoms with Gasteiger partial charge in [-0.25, -0.2) is 0 Å². The molecule has 1 saturated heterocycles. The Morgan fingerprint density at radius 2 is 2.20 bits per heavy atom. The van der Waals surface area contributed by atoms with E-state index in [0.717, 1.165) is 31.5 Å². The summed E-state index contributed by atoms with van der Waals surface area (Å²) in [6, 6.07) is 0.473. The van der Waals surface area contributed by atoms with Crippen molar-refractivity contribution in [1.82, 2.24) is 10.2 Å². The van der Waals surface area contributed by atoms with Crippen molar-refractivity contribution >= 4 is 5.91 Å². The van der Waals surface area contributed by atoms with Gasteiger partial charge in [0, 0.05) is 31.6 Å². The van der Waals surface area contributed by atoms with E-state index in [4.69, 9.17) is 0 Å². The van der Waals surface area contributed by atoms with Crippen LogP contribution in [0.25, 0.3) is 0 Å². The summed E-state index contributed by atoms with van der Waals surface area (Å²) in [5, 5.41) is 3.38. The molecule has 0 aromatic heterocycles. The number of rotatable bonds is 2. The summed E-state index contributed by atoms with van der Waals surface area (Å²) in [4.78, 5) is 14.2. The largest absolute Gasteiger partial charge is 0.340 e. The van der Waals surface area contributed by atoms with Crippen LogP contribution in [0.15, 0.2) is 0 Å². The predicted octanol–water partition coefficient (Wildman–Crippen LogP) is 0.853. The van der Waals surface area contributed by atoms with Gasteiger partial charge in [-0.15, -0.1) is 0 Å². The fourth-order valence-corrected chi connectivity index (χ4v) is 2.91. The first-order chi connectivity index (χ1) is 7.25. The highest BCUT2D eigenvalue weighted by molar-refractivity contribution is 5.82. The summed E-state index contributed by atoms with van der Waals surface area (Å²) in [6.07, 6.45) is 3.95. The second-order valence-corrected chi connectivity index (χ2v) is 5.48. The summed E-state index contributed by atoms with van der Waals surface area (Å²) < 4.78 is 0. The lowest BCUT2D eigenvalue weighted by Crippen LogP contribution is -2.51. The molecule has 3 atom stereocenters. The number of carbonyl (C=O) groups excluding carboxylic acids is 1. The van der Waals surface area contributed by atoms with Gasteiger partial charge in [0.05, 0.1) is 0 Å². The summed E-state index contributed by atoms with van der Waals surface area (Å²) in [5.41, 5.74) is 0. The highest BCUT2D eigenvalue weighted by atomic mass is 16.2. The third-order valence-electron chi connectivity index (χ3n) is 4.06. The van der Waals surface area contributed by atoms with Crippen molar-refractivity contribution in [2.45, 2.75) is 32.2 Å². The zero-order valence-electron chi connectivity index (χ0n) is 9.41. The standard InChI is InChI=1S/C12H20N2O/c1-8-7-14(5-4-13-8)12(15)11-6-10(11)9-2-3-9/h8-11,13H,2-7H2,1H3/t8-,10?,11?/m1/s1. The topological polar surface area (TPSA) is 32.3 Å². The van der Waals surface area contributed by atoms with Crippen LogP contribution in [0.3, 0.4) is 0 Å². The van der Waals surface area contributed by atoms with E-state index >= 15 is 0 Å². The second-order valence-electron chi connectivity index (χ2n) is 5.48. The molecule has 2 unspecified atom stereocenters. The molecule has 3 rings (SSSR count). The molecular weight excluding hydrogens is 188 g/mol. The van der Waals surface area contributed by atoms with Crippen molar-refractivity contribution in [3.8, 4) is 0 Å². The summed E-state index contributed by atoms with van der Waals surface area (Å²) in [6.45, 7) is 4.95. The molecule has 15 heavy (non-hydrogen) atoms. The molecule has 3 aliphatic rings. The molecular formula is C12H20N2O. The van der Waals surface area contributed by atoms with Gasteiger partial charge in [0.15, 0.2) is 0 Å². The van der Waals surface area contributed by atoms with E-state index in [1.165, 1.54) is 19.3 Å². The SMILES string of the molecule is C[C@@H]1CN(C(=O)C2CC2C2CC2)CCN1. The van der Waals surface area contributed by atoms with Crippen LogP contribution in [0.1, 0.15) is 26.2 Å². The Hall–Kier alpha value is -0.570. The van der Waals surface area contributed by atoms with E-state index in [0.29, 0.717) is 17.9 Å². The molecule has 0 aromatic carbocycles. The quantitative estimate of drug-likeness (QED) is 0.730. The lowest BCUT2D eigenvalue weighted by atomic mass is 10.1. The van der Waals surface area contributed by atoms with E-state index in [-0.39, 0.29) is 0 Å².